The van der Waals surface area contributed by atoms with Gasteiger partial charge in [0.05, 0.1) is 17.5 Å². The van der Waals surface area contributed by atoms with E-state index >= 15 is 0 Å². The minimum atomic E-state index is -3.46. The normalized spacial score (nSPS) is 15.4. The van der Waals surface area contributed by atoms with Crippen LogP contribution in [0.1, 0.15) is 30.1 Å². The lowest BCUT2D eigenvalue weighted by Crippen LogP contribution is -2.32. The van der Waals surface area contributed by atoms with E-state index in [9.17, 15) is 13.2 Å². The van der Waals surface area contributed by atoms with Crippen LogP contribution in [0, 0.1) is 5.92 Å². The predicted octanol–water partition coefficient (Wildman–Crippen LogP) is 3.55. The summed E-state index contributed by atoms with van der Waals surface area (Å²) in [4.78, 5) is 14.9. The van der Waals surface area contributed by atoms with Gasteiger partial charge >= 0.3 is 0 Å². The molecule has 2 N–H and O–H groups in total. The number of piperidine rings is 1. The van der Waals surface area contributed by atoms with Crippen molar-refractivity contribution in [3.63, 3.8) is 0 Å². The molecule has 1 heterocycles. The molecule has 0 saturated carbocycles. The molecule has 3 rings (SSSR count). The maximum absolute atomic E-state index is 12.6. The number of anilines is 3. The zero-order valence-corrected chi connectivity index (χ0v) is 16.4. The zero-order valence-electron chi connectivity index (χ0n) is 15.6. The van der Waals surface area contributed by atoms with Gasteiger partial charge in [0, 0.05) is 24.5 Å². The van der Waals surface area contributed by atoms with Crippen LogP contribution in [0.5, 0.6) is 0 Å². The summed E-state index contributed by atoms with van der Waals surface area (Å²) >= 11 is 0. The van der Waals surface area contributed by atoms with Gasteiger partial charge in [0.1, 0.15) is 0 Å². The second-order valence-corrected chi connectivity index (χ2v) is 8.84. The van der Waals surface area contributed by atoms with Crippen LogP contribution in [0.3, 0.4) is 0 Å². The van der Waals surface area contributed by atoms with Gasteiger partial charge in [-0.05, 0) is 55.2 Å². The number of amides is 1. The number of rotatable bonds is 5. The summed E-state index contributed by atoms with van der Waals surface area (Å²) in [6.07, 6.45) is 3.45. The summed E-state index contributed by atoms with van der Waals surface area (Å²) in [7, 11) is -3.46. The SMILES string of the molecule is CC1CCN(c2ccc(NC(=O)c3ccccc3NS(C)(=O)=O)cc2)CC1. The van der Waals surface area contributed by atoms with E-state index in [1.165, 1.54) is 12.8 Å². The Balaban J connectivity index is 1.70. The maximum atomic E-state index is 12.6. The Morgan fingerprint density at radius 1 is 1.04 bits per heavy atom. The Labute approximate surface area is 160 Å². The third-order valence-corrected chi connectivity index (χ3v) is 5.33. The number of benzene rings is 2. The van der Waals surface area contributed by atoms with Gasteiger partial charge in [-0.2, -0.15) is 0 Å². The lowest BCUT2D eigenvalue weighted by molar-refractivity contribution is 0.102. The van der Waals surface area contributed by atoms with Crippen molar-refractivity contribution in [2.45, 2.75) is 19.8 Å². The largest absolute Gasteiger partial charge is 0.372 e. The predicted molar refractivity (Wildman–Crippen MR) is 110 cm³/mol. The van der Waals surface area contributed by atoms with Crippen molar-refractivity contribution < 1.29 is 13.2 Å². The highest BCUT2D eigenvalue weighted by atomic mass is 32.2. The molecule has 0 radical (unpaired) electrons. The number of nitrogens with zero attached hydrogens (tertiary/aromatic N) is 1. The van der Waals surface area contributed by atoms with E-state index < -0.39 is 10.0 Å². The third kappa shape index (κ3) is 5.23. The fourth-order valence-corrected chi connectivity index (χ4v) is 3.77. The fourth-order valence-electron chi connectivity index (χ4n) is 3.19. The number of carbonyl (C=O) groups is 1. The molecule has 0 aromatic heterocycles. The van der Waals surface area contributed by atoms with Crippen LogP contribution in [-0.4, -0.2) is 33.7 Å². The summed E-state index contributed by atoms with van der Waals surface area (Å²) in [5.41, 5.74) is 2.36. The summed E-state index contributed by atoms with van der Waals surface area (Å²) in [5.74, 6) is 0.418. The number of hydrogen-bond acceptors (Lipinski definition) is 4. The Morgan fingerprint density at radius 2 is 1.67 bits per heavy atom. The van der Waals surface area contributed by atoms with Gasteiger partial charge in [0.25, 0.3) is 5.91 Å². The molecule has 6 nitrogen and oxygen atoms in total. The summed E-state index contributed by atoms with van der Waals surface area (Å²) < 4.78 is 25.4. The number of hydrogen-bond donors (Lipinski definition) is 2. The monoisotopic (exact) mass is 387 g/mol. The molecular formula is C20H25N3O3S. The van der Waals surface area contributed by atoms with E-state index in [1.807, 2.05) is 24.3 Å². The first-order chi connectivity index (χ1) is 12.8. The van der Waals surface area contributed by atoms with Crippen molar-refractivity contribution in [2.75, 3.05) is 34.3 Å². The van der Waals surface area contributed by atoms with Crippen LogP contribution in [0.15, 0.2) is 48.5 Å². The smallest absolute Gasteiger partial charge is 0.257 e. The van der Waals surface area contributed by atoms with E-state index in [2.05, 4.69) is 21.9 Å². The summed E-state index contributed by atoms with van der Waals surface area (Å²) in [5, 5.41) is 2.83. The molecule has 0 atom stereocenters. The first-order valence-electron chi connectivity index (χ1n) is 9.05. The van der Waals surface area contributed by atoms with Crippen LogP contribution in [0.4, 0.5) is 17.1 Å². The van der Waals surface area contributed by atoms with Crippen molar-refractivity contribution in [2.24, 2.45) is 5.92 Å². The number of sulfonamides is 1. The molecule has 0 unspecified atom stereocenters. The van der Waals surface area contributed by atoms with E-state index in [0.29, 0.717) is 5.69 Å². The van der Waals surface area contributed by atoms with Crippen LogP contribution < -0.4 is 14.9 Å². The van der Waals surface area contributed by atoms with Crippen molar-refractivity contribution in [1.29, 1.82) is 0 Å². The fraction of sp³-hybridized carbons (Fsp3) is 0.350. The molecule has 1 amide bonds. The second-order valence-electron chi connectivity index (χ2n) is 7.09. The molecule has 0 aliphatic carbocycles. The second kappa shape index (κ2) is 8.00. The number of nitrogens with one attached hydrogen (secondary N) is 2. The Kier molecular flexibility index (Phi) is 5.70. The Morgan fingerprint density at radius 3 is 2.30 bits per heavy atom. The van der Waals surface area contributed by atoms with Gasteiger partial charge in [-0.1, -0.05) is 19.1 Å². The van der Waals surface area contributed by atoms with Gasteiger partial charge in [-0.15, -0.1) is 0 Å². The van der Waals surface area contributed by atoms with E-state index in [-0.39, 0.29) is 17.2 Å². The van der Waals surface area contributed by atoms with E-state index in [1.54, 1.807) is 24.3 Å². The topological polar surface area (TPSA) is 78.5 Å². The first kappa shape index (κ1) is 19.2. The van der Waals surface area contributed by atoms with Gasteiger partial charge in [0.15, 0.2) is 0 Å². The van der Waals surface area contributed by atoms with Crippen molar-refractivity contribution in [1.82, 2.24) is 0 Å². The van der Waals surface area contributed by atoms with Crippen molar-refractivity contribution in [3.8, 4) is 0 Å². The average Bonchev–Trinajstić information content (AvgIpc) is 2.62. The standard InChI is InChI=1S/C20H25N3O3S/c1-15-11-13-23(14-12-15)17-9-7-16(8-10-17)21-20(24)18-5-3-4-6-19(18)22-27(2,25)26/h3-10,15,22H,11-14H2,1-2H3,(H,21,24). The lowest BCUT2D eigenvalue weighted by Gasteiger charge is -2.32. The zero-order chi connectivity index (χ0) is 19.4. The molecular weight excluding hydrogens is 362 g/mol. The quantitative estimate of drug-likeness (QED) is 0.822. The summed E-state index contributed by atoms with van der Waals surface area (Å²) in [6, 6.07) is 14.3. The van der Waals surface area contributed by atoms with Crippen LogP contribution in [0.25, 0.3) is 0 Å². The highest BCUT2D eigenvalue weighted by molar-refractivity contribution is 7.92. The Hall–Kier alpha value is -2.54. The molecule has 1 aliphatic heterocycles. The molecule has 0 spiro atoms. The van der Waals surface area contributed by atoms with Gasteiger partial charge in [-0.25, -0.2) is 8.42 Å². The Bertz CT molecular complexity index is 902. The van der Waals surface area contributed by atoms with Crippen LogP contribution in [0.2, 0.25) is 0 Å². The maximum Gasteiger partial charge on any atom is 0.257 e. The van der Waals surface area contributed by atoms with Gasteiger partial charge in [0.2, 0.25) is 10.0 Å². The highest BCUT2D eigenvalue weighted by Gasteiger charge is 2.17. The van der Waals surface area contributed by atoms with E-state index in [4.69, 9.17) is 0 Å². The highest BCUT2D eigenvalue weighted by Crippen LogP contribution is 2.25. The van der Waals surface area contributed by atoms with Crippen molar-refractivity contribution >= 4 is 33.0 Å². The van der Waals surface area contributed by atoms with Crippen LogP contribution >= 0.6 is 0 Å². The van der Waals surface area contributed by atoms with Crippen LogP contribution in [-0.2, 0) is 10.0 Å². The molecule has 2 aromatic carbocycles. The minimum Gasteiger partial charge on any atom is -0.372 e. The number of para-hydroxylation sites is 1. The molecule has 144 valence electrons. The molecule has 1 fully saturated rings. The molecule has 27 heavy (non-hydrogen) atoms. The van der Waals surface area contributed by atoms with E-state index in [0.717, 1.165) is 31.0 Å². The summed E-state index contributed by atoms with van der Waals surface area (Å²) in [6.45, 7) is 4.39. The van der Waals surface area contributed by atoms with Gasteiger partial charge < -0.3 is 10.2 Å². The molecule has 1 aliphatic rings. The average molecular weight is 388 g/mol. The lowest BCUT2D eigenvalue weighted by atomic mass is 9.99. The third-order valence-electron chi connectivity index (χ3n) is 4.74. The first-order valence-corrected chi connectivity index (χ1v) is 10.9. The molecule has 2 aromatic rings. The molecule has 0 bridgehead atoms. The van der Waals surface area contributed by atoms with Gasteiger partial charge in [-0.3, -0.25) is 9.52 Å². The molecule has 1 saturated heterocycles. The number of carbonyl (C=O) groups excluding carboxylic acids is 1. The molecule has 7 heteroatoms. The van der Waals surface area contributed by atoms with Crippen molar-refractivity contribution in [3.05, 3.63) is 54.1 Å². The minimum absolute atomic E-state index is 0.261.